The van der Waals surface area contributed by atoms with Gasteiger partial charge in [0.05, 0.1) is 27.0 Å². The van der Waals surface area contributed by atoms with E-state index in [1.165, 1.54) is 34.5 Å². The molecular formula is C16H23ClN2O5S2. The minimum absolute atomic E-state index is 0.0126. The van der Waals surface area contributed by atoms with Gasteiger partial charge in [0.25, 0.3) is 5.91 Å². The Morgan fingerprint density at radius 1 is 1.27 bits per heavy atom. The largest absolute Gasteiger partial charge is 0.338 e. The van der Waals surface area contributed by atoms with Crippen LogP contribution in [0.2, 0.25) is 5.02 Å². The first-order chi connectivity index (χ1) is 12.0. The molecule has 1 unspecified atom stereocenters. The zero-order chi connectivity index (χ0) is 19.7. The maximum Gasteiger partial charge on any atom is 0.255 e. The van der Waals surface area contributed by atoms with Crippen LogP contribution in [0.5, 0.6) is 0 Å². The summed E-state index contributed by atoms with van der Waals surface area (Å²) in [5.74, 6) is -0.544. The van der Waals surface area contributed by atoms with Crippen molar-refractivity contribution in [3.63, 3.8) is 0 Å². The summed E-state index contributed by atoms with van der Waals surface area (Å²) in [6.07, 6.45) is 0.361. The summed E-state index contributed by atoms with van der Waals surface area (Å²) in [7, 11) is -5.36. The fraction of sp³-hybridized carbons (Fsp3) is 0.562. The second-order valence-corrected chi connectivity index (χ2v) is 10.8. The van der Waals surface area contributed by atoms with Crippen molar-refractivity contribution >= 4 is 37.4 Å². The van der Waals surface area contributed by atoms with E-state index >= 15 is 0 Å². The third kappa shape index (κ3) is 4.21. The molecule has 0 bridgehead atoms. The number of rotatable bonds is 6. The van der Waals surface area contributed by atoms with E-state index < -0.39 is 31.8 Å². The van der Waals surface area contributed by atoms with E-state index in [9.17, 15) is 21.6 Å². The second-order valence-electron chi connectivity index (χ2n) is 6.20. The highest BCUT2D eigenvalue weighted by Gasteiger charge is 2.34. The molecule has 0 aliphatic carbocycles. The topological polar surface area (TPSA) is 91.8 Å². The van der Waals surface area contributed by atoms with E-state index in [4.69, 9.17) is 11.6 Å². The third-order valence-corrected chi connectivity index (χ3v) is 8.71. The van der Waals surface area contributed by atoms with E-state index in [0.717, 1.165) is 0 Å². The van der Waals surface area contributed by atoms with Crippen LogP contribution >= 0.6 is 11.6 Å². The zero-order valence-electron chi connectivity index (χ0n) is 15.0. The van der Waals surface area contributed by atoms with Gasteiger partial charge >= 0.3 is 0 Å². The summed E-state index contributed by atoms with van der Waals surface area (Å²) >= 11 is 6.12. The summed E-state index contributed by atoms with van der Waals surface area (Å²) in [5.41, 5.74) is 0.0479. The van der Waals surface area contributed by atoms with E-state index in [0.29, 0.717) is 19.5 Å². The average molecular weight is 423 g/mol. The van der Waals surface area contributed by atoms with Crippen LogP contribution in [-0.4, -0.2) is 69.6 Å². The summed E-state index contributed by atoms with van der Waals surface area (Å²) in [6, 6.07) is 3.57. The van der Waals surface area contributed by atoms with Crippen molar-refractivity contribution in [1.82, 2.24) is 9.21 Å². The highest BCUT2D eigenvalue weighted by molar-refractivity contribution is 7.91. The molecule has 1 aliphatic heterocycles. The maximum atomic E-state index is 12.8. The highest BCUT2D eigenvalue weighted by atomic mass is 35.5. The number of hydrogen-bond donors (Lipinski definition) is 0. The van der Waals surface area contributed by atoms with Crippen LogP contribution in [0.15, 0.2) is 23.1 Å². The molecule has 0 N–H and O–H groups in total. The number of hydrogen-bond acceptors (Lipinski definition) is 5. The number of sulfone groups is 1. The maximum absolute atomic E-state index is 12.8. The van der Waals surface area contributed by atoms with Gasteiger partial charge in [-0.2, -0.15) is 4.31 Å². The molecule has 0 saturated carbocycles. The molecule has 26 heavy (non-hydrogen) atoms. The molecule has 2 rings (SSSR count). The molecule has 1 aromatic carbocycles. The quantitative estimate of drug-likeness (QED) is 0.694. The molecule has 1 amide bonds. The third-order valence-electron chi connectivity index (χ3n) is 4.59. The fourth-order valence-electron chi connectivity index (χ4n) is 2.98. The van der Waals surface area contributed by atoms with Crippen LogP contribution in [0.3, 0.4) is 0 Å². The van der Waals surface area contributed by atoms with Gasteiger partial charge in [0.15, 0.2) is 9.84 Å². The Hall–Kier alpha value is -1.16. The van der Waals surface area contributed by atoms with Crippen molar-refractivity contribution in [3.05, 3.63) is 28.8 Å². The van der Waals surface area contributed by atoms with Gasteiger partial charge in [-0.3, -0.25) is 4.79 Å². The van der Waals surface area contributed by atoms with E-state index in [1.54, 1.807) is 13.8 Å². The lowest BCUT2D eigenvalue weighted by atomic mass is 10.1. The molecule has 0 radical (unpaired) electrons. The van der Waals surface area contributed by atoms with Crippen molar-refractivity contribution in [1.29, 1.82) is 0 Å². The van der Waals surface area contributed by atoms with Crippen LogP contribution in [0, 0.1) is 0 Å². The van der Waals surface area contributed by atoms with Crippen LogP contribution in [0.4, 0.5) is 0 Å². The van der Waals surface area contributed by atoms with Crippen LogP contribution in [0.1, 0.15) is 30.6 Å². The summed E-state index contributed by atoms with van der Waals surface area (Å²) in [5, 5.41) is 0.126. The van der Waals surface area contributed by atoms with Gasteiger partial charge in [0.1, 0.15) is 0 Å². The standard InChI is InChI=1S/C16H23ClN2O5S2/c1-4-19(5-2)26(23,24)13-6-7-15(17)14(10-13)16(20)18(3)12-8-9-25(21,22)11-12/h6-7,10,12H,4-5,8-9,11H2,1-3H3. The van der Waals surface area contributed by atoms with Crippen LogP contribution < -0.4 is 0 Å². The molecule has 0 aromatic heterocycles. The van der Waals surface area contributed by atoms with Gasteiger partial charge in [-0.1, -0.05) is 25.4 Å². The van der Waals surface area contributed by atoms with Crippen molar-refractivity contribution in [3.8, 4) is 0 Å². The number of carbonyl (C=O) groups is 1. The highest BCUT2D eigenvalue weighted by Crippen LogP contribution is 2.26. The van der Waals surface area contributed by atoms with Gasteiger partial charge in [-0.15, -0.1) is 0 Å². The smallest absolute Gasteiger partial charge is 0.255 e. The number of carbonyl (C=O) groups excluding carboxylic acids is 1. The monoisotopic (exact) mass is 422 g/mol. The SMILES string of the molecule is CCN(CC)S(=O)(=O)c1ccc(Cl)c(C(=O)N(C)C2CCS(=O)(=O)C2)c1. The lowest BCUT2D eigenvalue weighted by Gasteiger charge is -2.24. The average Bonchev–Trinajstić information content (AvgIpc) is 2.94. The molecule has 1 fully saturated rings. The van der Waals surface area contributed by atoms with E-state index in [2.05, 4.69) is 0 Å². The lowest BCUT2D eigenvalue weighted by Crippen LogP contribution is -2.38. The summed E-state index contributed by atoms with van der Waals surface area (Å²) in [6.45, 7) is 4.09. The number of amides is 1. The van der Waals surface area contributed by atoms with Gasteiger partial charge in [-0.05, 0) is 24.6 Å². The van der Waals surface area contributed by atoms with Crippen molar-refractivity contribution in [2.45, 2.75) is 31.2 Å². The van der Waals surface area contributed by atoms with Crippen molar-refractivity contribution in [2.24, 2.45) is 0 Å². The zero-order valence-corrected chi connectivity index (χ0v) is 17.4. The molecule has 1 aromatic rings. The van der Waals surface area contributed by atoms with E-state index in [-0.39, 0.29) is 27.0 Å². The number of benzene rings is 1. The Kier molecular flexibility index (Phi) is 6.37. The first-order valence-electron chi connectivity index (χ1n) is 8.30. The van der Waals surface area contributed by atoms with Crippen molar-refractivity contribution < 1.29 is 21.6 Å². The molecule has 1 aliphatic rings. The lowest BCUT2D eigenvalue weighted by molar-refractivity contribution is 0.0747. The number of sulfonamides is 1. The first kappa shape index (κ1) is 21.1. The van der Waals surface area contributed by atoms with Gasteiger partial charge in [0.2, 0.25) is 10.0 Å². The molecule has 0 spiro atoms. The predicted octanol–water partition coefficient (Wildman–Crippen LogP) is 1.63. The number of halogens is 1. The number of nitrogens with zero attached hydrogens (tertiary/aromatic N) is 2. The Balaban J connectivity index is 2.37. The van der Waals surface area contributed by atoms with Crippen LogP contribution in [0.25, 0.3) is 0 Å². The van der Waals surface area contributed by atoms with Crippen LogP contribution in [-0.2, 0) is 19.9 Å². The van der Waals surface area contributed by atoms with E-state index in [1.807, 2.05) is 0 Å². The molecule has 146 valence electrons. The Labute approximate surface area is 159 Å². The summed E-state index contributed by atoms with van der Waals surface area (Å²) in [4.78, 5) is 14.1. The Bertz CT molecular complexity index is 895. The van der Waals surface area contributed by atoms with Gasteiger partial charge in [-0.25, -0.2) is 16.8 Å². The van der Waals surface area contributed by atoms with Gasteiger partial charge in [0, 0.05) is 26.2 Å². The molecular weight excluding hydrogens is 400 g/mol. The molecule has 7 nitrogen and oxygen atoms in total. The second kappa shape index (κ2) is 7.84. The summed E-state index contributed by atoms with van der Waals surface area (Å²) < 4.78 is 49.9. The molecule has 1 atom stereocenters. The molecule has 1 heterocycles. The minimum atomic E-state index is -3.73. The molecule has 1 saturated heterocycles. The first-order valence-corrected chi connectivity index (χ1v) is 11.9. The van der Waals surface area contributed by atoms with Crippen molar-refractivity contribution in [2.75, 3.05) is 31.6 Å². The van der Waals surface area contributed by atoms with Gasteiger partial charge < -0.3 is 4.90 Å². The Morgan fingerprint density at radius 2 is 1.88 bits per heavy atom. The Morgan fingerprint density at radius 3 is 2.38 bits per heavy atom. The predicted molar refractivity (Wildman–Crippen MR) is 101 cm³/mol. The fourth-order valence-corrected chi connectivity index (χ4v) is 6.44. The molecule has 10 heteroatoms. The normalized spacial score (nSPS) is 19.7. The minimum Gasteiger partial charge on any atom is -0.338 e.